The lowest BCUT2D eigenvalue weighted by Gasteiger charge is -2.33. The standard InChI is InChI=1S/C18H23N9O/c1-12(2)27-11-22-13-10-21-16(9-14(13)27)23-15-3-4-20-18(24-15)26-7-5-25(6-8-26)17(19)28/h3-4,9-12H,5-8H2,1-2H3,(H2,19,28)(H,20,21,23,24). The second kappa shape index (κ2) is 7.29. The Labute approximate surface area is 162 Å². The first-order valence-electron chi connectivity index (χ1n) is 9.23. The predicted molar refractivity (Wildman–Crippen MR) is 107 cm³/mol. The number of rotatable bonds is 4. The topological polar surface area (TPSA) is 118 Å². The maximum Gasteiger partial charge on any atom is 0.314 e. The van der Waals surface area contributed by atoms with Gasteiger partial charge in [0.05, 0.1) is 18.0 Å². The molecule has 4 heterocycles. The number of nitrogens with zero attached hydrogens (tertiary/aromatic N) is 7. The molecule has 3 aromatic rings. The molecule has 10 heteroatoms. The molecule has 0 bridgehead atoms. The first-order valence-corrected chi connectivity index (χ1v) is 9.23. The van der Waals surface area contributed by atoms with Gasteiger partial charge in [0, 0.05) is 44.5 Å². The summed E-state index contributed by atoms with van der Waals surface area (Å²) < 4.78 is 2.10. The van der Waals surface area contributed by atoms with Gasteiger partial charge in [0.25, 0.3) is 0 Å². The third-order valence-corrected chi connectivity index (χ3v) is 4.79. The number of primary amides is 1. The van der Waals surface area contributed by atoms with Crippen molar-refractivity contribution in [1.29, 1.82) is 0 Å². The number of piperazine rings is 1. The quantitative estimate of drug-likeness (QED) is 0.707. The average Bonchev–Trinajstić information content (AvgIpc) is 3.12. The number of carbonyl (C=O) groups excluding carboxylic acids is 1. The molecule has 1 aliphatic heterocycles. The Morgan fingerprint density at radius 1 is 1.14 bits per heavy atom. The summed E-state index contributed by atoms with van der Waals surface area (Å²) >= 11 is 0. The van der Waals surface area contributed by atoms with Gasteiger partial charge < -0.3 is 25.4 Å². The van der Waals surface area contributed by atoms with Crippen LogP contribution in [0.3, 0.4) is 0 Å². The van der Waals surface area contributed by atoms with E-state index in [4.69, 9.17) is 5.73 Å². The predicted octanol–water partition coefficient (Wildman–Crippen LogP) is 1.75. The van der Waals surface area contributed by atoms with E-state index < -0.39 is 6.03 Å². The molecule has 1 aliphatic rings. The summed E-state index contributed by atoms with van der Waals surface area (Å²) in [5.74, 6) is 1.96. The van der Waals surface area contributed by atoms with Gasteiger partial charge in [0.2, 0.25) is 5.95 Å². The van der Waals surface area contributed by atoms with Crippen LogP contribution < -0.4 is 16.0 Å². The van der Waals surface area contributed by atoms with E-state index in [1.165, 1.54) is 0 Å². The highest BCUT2D eigenvalue weighted by Crippen LogP contribution is 2.22. The lowest BCUT2D eigenvalue weighted by Crippen LogP contribution is -2.50. The highest BCUT2D eigenvalue weighted by molar-refractivity contribution is 5.78. The number of hydrogen-bond acceptors (Lipinski definition) is 7. The molecule has 0 saturated carbocycles. The monoisotopic (exact) mass is 381 g/mol. The van der Waals surface area contributed by atoms with E-state index in [0.717, 1.165) is 11.0 Å². The Morgan fingerprint density at radius 3 is 2.64 bits per heavy atom. The Kier molecular flexibility index (Phi) is 4.68. The minimum atomic E-state index is -0.391. The number of hydrogen-bond donors (Lipinski definition) is 2. The molecular weight excluding hydrogens is 358 g/mol. The molecule has 1 fully saturated rings. The summed E-state index contributed by atoms with van der Waals surface area (Å²) in [6.45, 7) is 6.64. The SMILES string of the molecule is CC(C)n1cnc2cnc(Nc3ccnc(N4CCN(C(N)=O)CC4)n3)cc21. The molecular formula is C18H23N9O. The van der Waals surface area contributed by atoms with Crippen molar-refractivity contribution < 1.29 is 4.79 Å². The van der Waals surface area contributed by atoms with Crippen LogP contribution in [0, 0.1) is 0 Å². The van der Waals surface area contributed by atoms with Crippen molar-refractivity contribution in [3.63, 3.8) is 0 Å². The molecule has 4 rings (SSSR count). The highest BCUT2D eigenvalue weighted by Gasteiger charge is 2.21. The maximum absolute atomic E-state index is 11.3. The third kappa shape index (κ3) is 3.53. The van der Waals surface area contributed by atoms with Crippen LogP contribution in [0.15, 0.2) is 30.9 Å². The van der Waals surface area contributed by atoms with Gasteiger partial charge in [-0.2, -0.15) is 4.98 Å². The van der Waals surface area contributed by atoms with Crippen LogP contribution in [0.5, 0.6) is 0 Å². The fraction of sp³-hybridized carbons (Fsp3) is 0.389. The van der Waals surface area contributed by atoms with Crippen LogP contribution in [0.2, 0.25) is 0 Å². The van der Waals surface area contributed by atoms with E-state index in [1.807, 2.05) is 17.3 Å². The Hall–Kier alpha value is -3.43. The maximum atomic E-state index is 11.3. The molecule has 0 radical (unpaired) electrons. The molecule has 0 unspecified atom stereocenters. The minimum absolute atomic E-state index is 0.310. The zero-order chi connectivity index (χ0) is 19.7. The highest BCUT2D eigenvalue weighted by atomic mass is 16.2. The van der Waals surface area contributed by atoms with Crippen LogP contribution in [-0.2, 0) is 0 Å². The van der Waals surface area contributed by atoms with Crippen molar-refractivity contribution in [2.45, 2.75) is 19.9 Å². The van der Waals surface area contributed by atoms with E-state index in [2.05, 4.69) is 43.7 Å². The number of imidazole rings is 1. The van der Waals surface area contributed by atoms with Crippen LogP contribution in [0.4, 0.5) is 22.4 Å². The van der Waals surface area contributed by atoms with E-state index in [1.54, 1.807) is 23.4 Å². The van der Waals surface area contributed by atoms with E-state index in [0.29, 0.717) is 49.8 Å². The van der Waals surface area contributed by atoms with Gasteiger partial charge in [-0.05, 0) is 19.9 Å². The molecule has 2 amide bonds. The van der Waals surface area contributed by atoms with Gasteiger partial charge in [0.15, 0.2) is 0 Å². The summed E-state index contributed by atoms with van der Waals surface area (Å²) in [5, 5.41) is 3.24. The largest absolute Gasteiger partial charge is 0.351 e. The van der Waals surface area contributed by atoms with Crippen LogP contribution in [0.1, 0.15) is 19.9 Å². The van der Waals surface area contributed by atoms with E-state index in [-0.39, 0.29) is 0 Å². The summed E-state index contributed by atoms with van der Waals surface area (Å²) in [4.78, 5) is 32.7. The second-order valence-electron chi connectivity index (χ2n) is 6.98. The number of urea groups is 1. The molecule has 3 aromatic heterocycles. The fourth-order valence-corrected chi connectivity index (χ4v) is 3.24. The zero-order valence-corrected chi connectivity index (χ0v) is 15.9. The van der Waals surface area contributed by atoms with Gasteiger partial charge >= 0.3 is 6.03 Å². The smallest absolute Gasteiger partial charge is 0.314 e. The normalized spacial score (nSPS) is 14.7. The molecule has 3 N–H and O–H groups in total. The van der Waals surface area contributed by atoms with Crippen molar-refractivity contribution in [2.75, 3.05) is 36.4 Å². The van der Waals surface area contributed by atoms with Crippen molar-refractivity contribution in [1.82, 2.24) is 29.4 Å². The van der Waals surface area contributed by atoms with Crippen molar-refractivity contribution in [2.24, 2.45) is 5.73 Å². The third-order valence-electron chi connectivity index (χ3n) is 4.79. The van der Waals surface area contributed by atoms with Crippen molar-refractivity contribution in [3.8, 4) is 0 Å². The first kappa shape index (κ1) is 18.0. The summed E-state index contributed by atoms with van der Waals surface area (Å²) in [7, 11) is 0. The lowest BCUT2D eigenvalue weighted by molar-refractivity contribution is 0.204. The Bertz CT molecular complexity index is 992. The van der Waals surface area contributed by atoms with Crippen LogP contribution in [-0.4, -0.2) is 61.6 Å². The molecule has 28 heavy (non-hydrogen) atoms. The lowest BCUT2D eigenvalue weighted by atomic mass is 10.3. The summed E-state index contributed by atoms with van der Waals surface area (Å²) in [6.07, 6.45) is 5.29. The molecule has 10 nitrogen and oxygen atoms in total. The number of fused-ring (bicyclic) bond motifs is 1. The van der Waals surface area contributed by atoms with Crippen molar-refractivity contribution >= 4 is 34.6 Å². The minimum Gasteiger partial charge on any atom is -0.351 e. The number of nitrogens with one attached hydrogen (secondary N) is 1. The van der Waals surface area contributed by atoms with Crippen LogP contribution in [0.25, 0.3) is 11.0 Å². The second-order valence-corrected chi connectivity index (χ2v) is 6.98. The summed E-state index contributed by atoms with van der Waals surface area (Å²) in [5.41, 5.74) is 7.21. The molecule has 0 spiro atoms. The number of anilines is 3. The molecule has 146 valence electrons. The number of nitrogens with two attached hydrogens (primary N) is 1. The molecule has 0 aliphatic carbocycles. The fourth-order valence-electron chi connectivity index (χ4n) is 3.24. The average molecular weight is 381 g/mol. The molecule has 0 aromatic carbocycles. The van der Waals surface area contributed by atoms with Crippen LogP contribution >= 0.6 is 0 Å². The molecule has 1 saturated heterocycles. The number of pyridine rings is 1. The first-order chi connectivity index (χ1) is 13.5. The van der Waals surface area contributed by atoms with E-state index in [9.17, 15) is 4.79 Å². The van der Waals surface area contributed by atoms with Gasteiger partial charge in [-0.1, -0.05) is 0 Å². The number of amides is 2. The Balaban J connectivity index is 1.52. The van der Waals surface area contributed by atoms with Crippen molar-refractivity contribution in [3.05, 3.63) is 30.9 Å². The molecule has 0 atom stereocenters. The zero-order valence-electron chi connectivity index (χ0n) is 15.9. The Morgan fingerprint density at radius 2 is 1.93 bits per heavy atom. The number of carbonyl (C=O) groups is 1. The number of aromatic nitrogens is 5. The summed E-state index contributed by atoms with van der Waals surface area (Å²) in [6, 6.07) is 3.69. The van der Waals surface area contributed by atoms with Gasteiger partial charge in [-0.3, -0.25) is 0 Å². The van der Waals surface area contributed by atoms with Gasteiger partial charge in [-0.25, -0.2) is 19.7 Å². The van der Waals surface area contributed by atoms with Gasteiger partial charge in [-0.15, -0.1) is 0 Å². The van der Waals surface area contributed by atoms with Gasteiger partial charge in [0.1, 0.15) is 17.2 Å². The van der Waals surface area contributed by atoms with E-state index >= 15 is 0 Å².